The van der Waals surface area contributed by atoms with E-state index in [1.165, 1.54) is 21.2 Å². The minimum absolute atomic E-state index is 0.0287. The van der Waals surface area contributed by atoms with Crippen LogP contribution in [-0.4, -0.2) is 9.97 Å². The van der Waals surface area contributed by atoms with E-state index in [4.69, 9.17) is 4.42 Å². The largest absolute Gasteiger partial charge is 0.459 e. The van der Waals surface area contributed by atoms with Gasteiger partial charge in [-0.15, -0.1) is 11.3 Å². The van der Waals surface area contributed by atoms with E-state index in [1.54, 1.807) is 17.7 Å². The van der Waals surface area contributed by atoms with Crippen LogP contribution >= 0.6 is 11.3 Å². The SMILES string of the molecule is Cc1cc(-c2ncnc3c2sc2c(CC(C)C)cccc23)oc1C(C)(C)C. The van der Waals surface area contributed by atoms with Crippen molar-refractivity contribution < 1.29 is 4.42 Å². The van der Waals surface area contributed by atoms with E-state index in [0.29, 0.717) is 5.92 Å². The molecular formula is C23H26N2OS. The molecule has 0 unspecified atom stereocenters. The Morgan fingerprint density at radius 3 is 2.56 bits per heavy atom. The second kappa shape index (κ2) is 6.45. The van der Waals surface area contributed by atoms with Gasteiger partial charge < -0.3 is 4.42 Å². The van der Waals surface area contributed by atoms with Gasteiger partial charge in [-0.1, -0.05) is 52.8 Å². The highest BCUT2D eigenvalue weighted by molar-refractivity contribution is 7.26. The zero-order chi connectivity index (χ0) is 19.3. The van der Waals surface area contributed by atoms with Crippen LogP contribution in [0.25, 0.3) is 31.8 Å². The van der Waals surface area contributed by atoms with Crippen molar-refractivity contribution in [2.75, 3.05) is 0 Å². The zero-order valence-corrected chi connectivity index (χ0v) is 17.7. The topological polar surface area (TPSA) is 38.9 Å². The van der Waals surface area contributed by atoms with Crippen molar-refractivity contribution >= 4 is 31.6 Å². The van der Waals surface area contributed by atoms with Crippen LogP contribution in [0.15, 0.2) is 35.0 Å². The summed E-state index contributed by atoms with van der Waals surface area (Å²) >= 11 is 1.79. The maximum atomic E-state index is 6.28. The van der Waals surface area contributed by atoms with Gasteiger partial charge in [-0.2, -0.15) is 0 Å². The average Bonchev–Trinajstić information content (AvgIpc) is 3.15. The molecule has 3 aromatic heterocycles. The van der Waals surface area contributed by atoms with Gasteiger partial charge in [0, 0.05) is 15.5 Å². The Hall–Kier alpha value is -2.20. The van der Waals surface area contributed by atoms with Gasteiger partial charge in [-0.3, -0.25) is 0 Å². The molecular weight excluding hydrogens is 352 g/mol. The number of aromatic nitrogens is 2. The number of benzene rings is 1. The minimum atomic E-state index is -0.0287. The lowest BCUT2D eigenvalue weighted by atomic mass is 9.91. The Morgan fingerprint density at radius 1 is 1.11 bits per heavy atom. The summed E-state index contributed by atoms with van der Waals surface area (Å²) in [5, 5.41) is 1.22. The third-order valence-corrected chi connectivity index (χ3v) is 6.10. The van der Waals surface area contributed by atoms with E-state index in [9.17, 15) is 0 Å². The van der Waals surface area contributed by atoms with Crippen LogP contribution < -0.4 is 0 Å². The highest BCUT2D eigenvalue weighted by Gasteiger charge is 2.24. The van der Waals surface area contributed by atoms with Gasteiger partial charge in [0.05, 0.1) is 10.2 Å². The summed E-state index contributed by atoms with van der Waals surface area (Å²) in [6, 6.07) is 8.66. The predicted octanol–water partition coefficient (Wildman–Crippen LogP) is 6.91. The molecule has 0 amide bonds. The minimum Gasteiger partial charge on any atom is -0.459 e. The van der Waals surface area contributed by atoms with Gasteiger partial charge in [0.15, 0.2) is 5.76 Å². The first-order chi connectivity index (χ1) is 12.8. The average molecular weight is 379 g/mol. The quantitative estimate of drug-likeness (QED) is 0.389. The monoisotopic (exact) mass is 378 g/mol. The number of hydrogen-bond acceptors (Lipinski definition) is 4. The number of fused-ring (bicyclic) bond motifs is 3. The third kappa shape index (κ3) is 3.16. The molecule has 0 N–H and O–H groups in total. The summed E-state index contributed by atoms with van der Waals surface area (Å²) in [5.41, 5.74) is 4.46. The van der Waals surface area contributed by atoms with E-state index >= 15 is 0 Å². The smallest absolute Gasteiger partial charge is 0.154 e. The Balaban J connectivity index is 1.95. The summed E-state index contributed by atoms with van der Waals surface area (Å²) in [6.07, 6.45) is 2.73. The highest BCUT2D eigenvalue weighted by atomic mass is 32.1. The molecule has 0 saturated heterocycles. The molecule has 140 valence electrons. The molecule has 4 heteroatoms. The number of aryl methyl sites for hydroxylation is 1. The van der Waals surface area contributed by atoms with Gasteiger partial charge in [0.2, 0.25) is 0 Å². The first kappa shape index (κ1) is 18.2. The van der Waals surface area contributed by atoms with E-state index < -0.39 is 0 Å². The van der Waals surface area contributed by atoms with Crippen molar-refractivity contribution in [1.29, 1.82) is 0 Å². The van der Waals surface area contributed by atoms with Crippen molar-refractivity contribution in [2.24, 2.45) is 5.92 Å². The second-order valence-electron chi connectivity index (χ2n) is 8.77. The molecule has 0 spiro atoms. The fraction of sp³-hybridized carbons (Fsp3) is 0.391. The standard InChI is InChI=1S/C23H26N2OS/c1-13(2)10-15-8-7-9-16-18-21(27-20(15)16)19(25-12-24-18)17-11-14(3)22(26-17)23(4,5)6/h7-9,11-13H,10H2,1-6H3. The fourth-order valence-corrected chi connectivity index (χ4v) is 5.05. The maximum absolute atomic E-state index is 6.28. The van der Waals surface area contributed by atoms with Crippen LogP contribution in [0.2, 0.25) is 0 Å². The van der Waals surface area contributed by atoms with Crippen LogP contribution in [0, 0.1) is 12.8 Å². The molecule has 1 aromatic carbocycles. The molecule has 0 saturated carbocycles. The van der Waals surface area contributed by atoms with Crippen LogP contribution in [0.1, 0.15) is 51.5 Å². The molecule has 3 heterocycles. The first-order valence-electron chi connectivity index (χ1n) is 9.52. The highest BCUT2D eigenvalue weighted by Crippen LogP contribution is 2.41. The molecule has 3 nitrogen and oxygen atoms in total. The molecule has 27 heavy (non-hydrogen) atoms. The number of thiophene rings is 1. The lowest BCUT2D eigenvalue weighted by Crippen LogP contribution is -2.10. The van der Waals surface area contributed by atoms with Crippen LogP contribution in [0.4, 0.5) is 0 Å². The number of rotatable bonds is 3. The Morgan fingerprint density at radius 2 is 1.89 bits per heavy atom. The summed E-state index contributed by atoms with van der Waals surface area (Å²) in [5.74, 6) is 2.47. The normalized spacial score (nSPS) is 12.6. The van der Waals surface area contributed by atoms with Crippen molar-refractivity contribution in [2.45, 2.75) is 53.4 Å². The second-order valence-corrected chi connectivity index (χ2v) is 9.79. The molecule has 4 rings (SSSR count). The Bertz CT molecular complexity index is 1130. The third-order valence-electron chi connectivity index (χ3n) is 4.82. The van der Waals surface area contributed by atoms with E-state index in [2.05, 4.69) is 75.8 Å². The summed E-state index contributed by atoms with van der Waals surface area (Å²) in [7, 11) is 0. The van der Waals surface area contributed by atoms with Crippen LogP contribution in [-0.2, 0) is 11.8 Å². The van der Waals surface area contributed by atoms with E-state index in [0.717, 1.165) is 33.9 Å². The molecule has 4 aromatic rings. The van der Waals surface area contributed by atoms with E-state index in [1.807, 2.05) is 0 Å². The van der Waals surface area contributed by atoms with Gasteiger partial charge in [0.1, 0.15) is 17.8 Å². The number of nitrogens with zero attached hydrogens (tertiary/aromatic N) is 2. The van der Waals surface area contributed by atoms with Crippen LogP contribution in [0.5, 0.6) is 0 Å². The lowest BCUT2D eigenvalue weighted by molar-refractivity contribution is 0.413. The molecule has 0 radical (unpaired) electrons. The molecule has 0 fully saturated rings. The molecule has 0 aliphatic rings. The first-order valence-corrected chi connectivity index (χ1v) is 10.3. The molecule has 0 atom stereocenters. The zero-order valence-electron chi connectivity index (χ0n) is 16.9. The summed E-state index contributed by atoms with van der Waals surface area (Å²) in [6.45, 7) is 13.2. The van der Waals surface area contributed by atoms with Gasteiger partial charge >= 0.3 is 0 Å². The summed E-state index contributed by atoms with van der Waals surface area (Å²) < 4.78 is 8.71. The van der Waals surface area contributed by atoms with Crippen molar-refractivity contribution in [1.82, 2.24) is 9.97 Å². The lowest BCUT2D eigenvalue weighted by Gasteiger charge is -2.15. The van der Waals surface area contributed by atoms with Crippen molar-refractivity contribution in [3.05, 3.63) is 47.5 Å². The van der Waals surface area contributed by atoms with E-state index in [-0.39, 0.29) is 5.41 Å². The Kier molecular flexibility index (Phi) is 4.34. The van der Waals surface area contributed by atoms with Crippen molar-refractivity contribution in [3.63, 3.8) is 0 Å². The van der Waals surface area contributed by atoms with Crippen molar-refractivity contribution in [3.8, 4) is 11.5 Å². The number of furan rings is 1. The van der Waals surface area contributed by atoms with Crippen LogP contribution in [0.3, 0.4) is 0 Å². The maximum Gasteiger partial charge on any atom is 0.154 e. The molecule has 0 aliphatic carbocycles. The van der Waals surface area contributed by atoms with Gasteiger partial charge in [0.25, 0.3) is 0 Å². The Labute approximate surface area is 164 Å². The molecule has 0 bridgehead atoms. The number of hydrogen-bond donors (Lipinski definition) is 0. The van der Waals surface area contributed by atoms with Gasteiger partial charge in [-0.25, -0.2) is 9.97 Å². The van der Waals surface area contributed by atoms with Gasteiger partial charge in [-0.05, 0) is 36.5 Å². The molecule has 0 aliphatic heterocycles. The fourth-order valence-electron chi connectivity index (χ4n) is 3.78. The summed E-state index contributed by atoms with van der Waals surface area (Å²) in [4.78, 5) is 9.22. The predicted molar refractivity (Wildman–Crippen MR) is 115 cm³/mol.